The van der Waals surface area contributed by atoms with Crippen LogP contribution in [-0.2, 0) is 30.5 Å². The van der Waals surface area contributed by atoms with Crippen molar-refractivity contribution < 1.29 is 33.5 Å². The first-order valence-electron chi connectivity index (χ1n) is 15.3. The van der Waals surface area contributed by atoms with E-state index in [-0.39, 0.29) is 18.9 Å². The number of hydrogen-bond acceptors (Lipinski definition) is 9. The van der Waals surface area contributed by atoms with Crippen LogP contribution in [0.15, 0.2) is 54.6 Å². The lowest BCUT2D eigenvalue weighted by molar-refractivity contribution is -0.133. The van der Waals surface area contributed by atoms with Gasteiger partial charge in [-0.15, -0.1) is 5.10 Å². The van der Waals surface area contributed by atoms with Crippen molar-refractivity contribution in [3.05, 3.63) is 60.2 Å². The zero-order chi connectivity index (χ0) is 34.7. The highest BCUT2D eigenvalue weighted by atomic mass is 16.5. The summed E-state index contributed by atoms with van der Waals surface area (Å²) in [6, 6.07) is 10.8. The first-order valence-corrected chi connectivity index (χ1v) is 15.3. The molecule has 0 unspecified atom stereocenters. The zero-order valence-corrected chi connectivity index (χ0v) is 27.3. The largest absolute Gasteiger partial charge is 0.445 e. The fraction of sp³-hybridized carbons (Fsp3) is 0.438. The number of alkyl carbamates (subject to hydrolysis) is 1. The molecule has 2 aromatic carbocycles. The summed E-state index contributed by atoms with van der Waals surface area (Å²) in [4.78, 5) is 76.7. The topological polar surface area (TPSA) is 203 Å². The summed E-state index contributed by atoms with van der Waals surface area (Å²) in [5.74, 6) is -3.04. The van der Waals surface area contributed by atoms with E-state index in [9.17, 15) is 28.8 Å². The summed E-state index contributed by atoms with van der Waals surface area (Å²) in [7, 11) is 0. The van der Waals surface area contributed by atoms with E-state index in [1.54, 1.807) is 36.4 Å². The van der Waals surface area contributed by atoms with Crippen molar-refractivity contribution in [1.82, 2.24) is 41.6 Å². The average Bonchev–Trinajstić information content (AvgIpc) is 3.47. The molecule has 1 heterocycles. The van der Waals surface area contributed by atoms with Crippen molar-refractivity contribution in [2.75, 3.05) is 0 Å². The van der Waals surface area contributed by atoms with Gasteiger partial charge in [0, 0.05) is 0 Å². The number of ether oxygens (including phenoxy) is 1. The van der Waals surface area contributed by atoms with Crippen molar-refractivity contribution >= 4 is 46.7 Å². The van der Waals surface area contributed by atoms with Crippen LogP contribution in [0.4, 0.5) is 4.79 Å². The number of fused-ring (bicyclic) bond motifs is 1. The summed E-state index contributed by atoms with van der Waals surface area (Å²) in [6.45, 7) is 9.56. The molecule has 5 amide bonds. The van der Waals surface area contributed by atoms with Gasteiger partial charge in [0.05, 0.1) is 5.52 Å². The van der Waals surface area contributed by atoms with Crippen LogP contribution in [0.3, 0.4) is 0 Å². The van der Waals surface area contributed by atoms with Gasteiger partial charge in [-0.05, 0) is 57.7 Å². The number of amides is 5. The number of para-hydroxylation sites is 1. The van der Waals surface area contributed by atoms with Crippen molar-refractivity contribution in [3.63, 3.8) is 0 Å². The Bertz CT molecular complexity index is 1580. The molecule has 0 saturated carbocycles. The predicted molar refractivity (Wildman–Crippen MR) is 172 cm³/mol. The Morgan fingerprint density at radius 2 is 1.19 bits per heavy atom. The summed E-state index contributed by atoms with van der Waals surface area (Å²) in [6.07, 6.45) is -0.543. The van der Waals surface area contributed by atoms with Gasteiger partial charge in [0.2, 0.25) is 23.6 Å². The molecule has 0 aliphatic rings. The number of rotatable bonds is 14. The molecule has 0 aliphatic carbocycles. The van der Waals surface area contributed by atoms with Gasteiger partial charge in [-0.25, -0.2) is 4.79 Å². The van der Waals surface area contributed by atoms with Gasteiger partial charge in [0.25, 0.3) is 5.91 Å². The van der Waals surface area contributed by atoms with Crippen molar-refractivity contribution in [3.8, 4) is 0 Å². The third-order valence-corrected chi connectivity index (χ3v) is 7.07. The molecular weight excluding hydrogens is 608 g/mol. The molecule has 0 spiro atoms. The molecule has 15 heteroatoms. The normalized spacial score (nSPS) is 14.2. The Morgan fingerprint density at radius 3 is 1.83 bits per heavy atom. The van der Waals surface area contributed by atoms with E-state index in [0.29, 0.717) is 11.0 Å². The minimum atomic E-state index is -1.08. The fourth-order valence-electron chi connectivity index (χ4n) is 4.41. The Hall–Kier alpha value is -5.34. The minimum Gasteiger partial charge on any atom is -0.445 e. The number of nitrogens with one attached hydrogen (secondary N) is 5. The Kier molecular flexibility index (Phi) is 12.9. The van der Waals surface area contributed by atoms with Crippen LogP contribution in [0.2, 0.25) is 0 Å². The highest BCUT2D eigenvalue weighted by Crippen LogP contribution is 2.10. The van der Waals surface area contributed by atoms with Crippen LogP contribution in [0.1, 0.15) is 58.3 Å². The molecule has 252 valence electrons. The molecule has 0 fully saturated rings. The first-order chi connectivity index (χ1) is 22.3. The minimum absolute atomic E-state index is 0.00165. The lowest BCUT2D eigenvalue weighted by Gasteiger charge is -2.25. The average molecular weight is 651 g/mol. The van der Waals surface area contributed by atoms with Crippen LogP contribution in [0.25, 0.3) is 11.0 Å². The number of nitrogens with zero attached hydrogens (tertiary/aromatic N) is 3. The van der Waals surface area contributed by atoms with Crippen molar-refractivity contribution in [2.24, 2.45) is 5.92 Å². The molecule has 0 aliphatic heterocycles. The third kappa shape index (κ3) is 10.6. The van der Waals surface area contributed by atoms with Gasteiger partial charge in [-0.1, -0.05) is 61.5 Å². The summed E-state index contributed by atoms with van der Waals surface area (Å²) in [5, 5.41) is 20.5. The molecule has 3 rings (SSSR count). The summed E-state index contributed by atoms with van der Waals surface area (Å²) < 4.78 is 6.25. The van der Waals surface area contributed by atoms with Crippen molar-refractivity contribution in [2.45, 2.75) is 84.8 Å². The van der Waals surface area contributed by atoms with E-state index in [1.807, 2.05) is 32.0 Å². The van der Waals surface area contributed by atoms with Gasteiger partial charge >= 0.3 is 6.09 Å². The molecule has 47 heavy (non-hydrogen) atoms. The Balaban J connectivity index is 1.49. The standard InChI is InChI=1S/C32H42N8O7/c1-18(2)16-25(37-29(43)21(5)36-32(46)47-17-23-12-8-7-9-13-23)30(44)34-20(4)27(41)33-19(3)28(42)35-22(6)31(45)40-26-15-11-10-14-24(26)38-39-40/h7-15,18-22,25H,16-17H2,1-6H3,(H,33,41)(H,34,44)(H,35,42)(H,36,46)(H,37,43)/t19-,20-,21-,22-,25-/m0/s1. The smallest absolute Gasteiger partial charge is 0.408 e. The van der Waals surface area contributed by atoms with E-state index in [1.165, 1.54) is 27.7 Å². The SMILES string of the molecule is CC(C)C[C@H](NC(=O)[C@H](C)NC(=O)OCc1ccccc1)C(=O)N[C@@H](C)C(=O)N[C@@H](C)C(=O)N[C@@H](C)C(=O)n1nnc2ccccc21. The number of aromatic nitrogens is 3. The van der Waals surface area contributed by atoms with Crippen molar-refractivity contribution in [1.29, 1.82) is 0 Å². The zero-order valence-electron chi connectivity index (χ0n) is 27.3. The molecule has 3 aromatic rings. The molecule has 15 nitrogen and oxygen atoms in total. The second-order valence-corrected chi connectivity index (χ2v) is 11.6. The highest BCUT2D eigenvalue weighted by molar-refractivity contribution is 5.97. The Labute approximate surface area is 272 Å². The number of carbonyl (C=O) groups excluding carboxylic acids is 6. The second kappa shape index (κ2) is 16.8. The van der Waals surface area contributed by atoms with Crippen LogP contribution >= 0.6 is 0 Å². The predicted octanol–water partition coefficient (Wildman–Crippen LogP) is 1.43. The Morgan fingerprint density at radius 1 is 0.660 bits per heavy atom. The van der Waals surface area contributed by atoms with Gasteiger partial charge in [-0.2, -0.15) is 4.68 Å². The third-order valence-electron chi connectivity index (χ3n) is 7.07. The fourth-order valence-corrected chi connectivity index (χ4v) is 4.41. The van der Waals surface area contributed by atoms with E-state index in [4.69, 9.17) is 4.74 Å². The molecule has 1 aromatic heterocycles. The number of carbonyl (C=O) groups is 6. The van der Waals surface area contributed by atoms with E-state index >= 15 is 0 Å². The summed E-state index contributed by atoms with van der Waals surface area (Å²) >= 11 is 0. The van der Waals surface area contributed by atoms with Crippen LogP contribution in [0, 0.1) is 5.92 Å². The first kappa shape index (κ1) is 36.1. The second-order valence-electron chi connectivity index (χ2n) is 11.6. The van der Waals surface area contributed by atoms with E-state index in [0.717, 1.165) is 10.2 Å². The molecule has 5 N–H and O–H groups in total. The number of benzene rings is 2. The van der Waals surface area contributed by atoms with Gasteiger partial charge in [0.1, 0.15) is 42.3 Å². The molecule has 0 saturated heterocycles. The van der Waals surface area contributed by atoms with E-state index in [2.05, 4.69) is 36.9 Å². The highest BCUT2D eigenvalue weighted by Gasteiger charge is 2.29. The van der Waals surface area contributed by atoms with Gasteiger partial charge in [-0.3, -0.25) is 24.0 Å². The molecular formula is C32H42N8O7. The maximum Gasteiger partial charge on any atom is 0.408 e. The van der Waals surface area contributed by atoms with Crippen LogP contribution < -0.4 is 26.6 Å². The lowest BCUT2D eigenvalue weighted by Crippen LogP contribution is -2.57. The van der Waals surface area contributed by atoms with Crippen LogP contribution in [0.5, 0.6) is 0 Å². The van der Waals surface area contributed by atoms with Crippen LogP contribution in [-0.4, -0.2) is 80.8 Å². The summed E-state index contributed by atoms with van der Waals surface area (Å²) in [5.41, 5.74) is 1.79. The van der Waals surface area contributed by atoms with Gasteiger partial charge in [0.15, 0.2) is 0 Å². The monoisotopic (exact) mass is 650 g/mol. The molecule has 5 atom stereocenters. The van der Waals surface area contributed by atoms with Gasteiger partial charge < -0.3 is 31.3 Å². The molecule has 0 bridgehead atoms. The lowest BCUT2D eigenvalue weighted by atomic mass is 10.0. The van der Waals surface area contributed by atoms with E-state index < -0.39 is 65.8 Å². The maximum absolute atomic E-state index is 13.1. The maximum atomic E-state index is 13.1. The quantitative estimate of drug-likeness (QED) is 0.171. The molecule has 0 radical (unpaired) electrons. The number of hydrogen-bond donors (Lipinski definition) is 5.